The molecule has 3 aromatic heterocycles. The first-order chi connectivity index (χ1) is 20.5. The monoisotopic (exact) mass is 619 g/mol. The molecule has 0 aliphatic heterocycles. The first-order valence-electron chi connectivity index (χ1n) is 15.0. The Bertz CT molecular complexity index is 1790. The highest BCUT2D eigenvalue weighted by Crippen LogP contribution is 2.53. The standard InChI is InChI=1S/C34H42ClN5O4/c1-18-15-22(33(3,4)5)26(23(16-18)34(6,7)8)32(43)44-27-25(20-9-11-21(35)12-10-20)30(39-14-13-37-17-39)40-29(27)38-28(36)24(19(2)41)31(40)42/h9-14,17-18,22-23,26,41H,15-16H2,1-8H3,(H2,36,38). The molecule has 0 bridgehead atoms. The molecule has 9 nitrogen and oxygen atoms in total. The van der Waals surface area contributed by atoms with Gasteiger partial charge in [-0.2, -0.15) is 0 Å². The van der Waals surface area contributed by atoms with Crippen molar-refractivity contribution in [2.75, 3.05) is 5.73 Å². The van der Waals surface area contributed by atoms with E-state index in [-0.39, 0.29) is 56.8 Å². The van der Waals surface area contributed by atoms with Gasteiger partial charge in [-0.15, -0.1) is 0 Å². The highest BCUT2D eigenvalue weighted by molar-refractivity contribution is 6.30. The zero-order chi connectivity index (χ0) is 32.3. The first-order valence-corrected chi connectivity index (χ1v) is 15.4. The number of aliphatic hydroxyl groups excluding tert-OH is 1. The van der Waals surface area contributed by atoms with E-state index in [0.29, 0.717) is 27.9 Å². The van der Waals surface area contributed by atoms with Gasteiger partial charge < -0.3 is 15.6 Å². The zero-order valence-corrected chi connectivity index (χ0v) is 27.4. The number of benzene rings is 1. The van der Waals surface area contributed by atoms with Crippen LogP contribution in [-0.4, -0.2) is 30.0 Å². The Labute approximate surface area is 262 Å². The van der Waals surface area contributed by atoms with Gasteiger partial charge in [-0.25, -0.2) is 14.4 Å². The Morgan fingerprint density at radius 3 is 2.16 bits per heavy atom. The number of fused-ring (bicyclic) bond motifs is 1. The molecule has 4 aromatic rings. The summed E-state index contributed by atoms with van der Waals surface area (Å²) in [6.45, 7) is 16.7. The highest BCUT2D eigenvalue weighted by Gasteiger charge is 2.50. The number of esters is 1. The molecule has 2 atom stereocenters. The van der Waals surface area contributed by atoms with E-state index in [1.807, 2.05) is 0 Å². The van der Waals surface area contributed by atoms with Crippen LogP contribution < -0.4 is 21.2 Å². The van der Waals surface area contributed by atoms with Crippen molar-refractivity contribution in [3.63, 3.8) is 0 Å². The molecular formula is C34H42ClN5O4. The van der Waals surface area contributed by atoms with Crippen LogP contribution in [0.1, 0.15) is 68.2 Å². The maximum absolute atomic E-state index is 14.7. The zero-order valence-electron chi connectivity index (χ0n) is 26.7. The van der Waals surface area contributed by atoms with Gasteiger partial charge in [0.1, 0.15) is 28.9 Å². The van der Waals surface area contributed by atoms with Crippen molar-refractivity contribution in [2.24, 2.45) is 34.5 Å². The van der Waals surface area contributed by atoms with Crippen LogP contribution in [0.4, 0.5) is 5.82 Å². The van der Waals surface area contributed by atoms with Gasteiger partial charge in [-0.3, -0.25) is 14.2 Å². The first kappa shape index (κ1) is 31.6. The number of hydrogen-bond donors (Lipinski definition) is 2. The van der Waals surface area contributed by atoms with Crippen LogP contribution in [0.25, 0.3) is 28.4 Å². The number of rotatable bonds is 4. The summed E-state index contributed by atoms with van der Waals surface area (Å²) in [5.41, 5.74) is 6.53. The molecule has 3 heterocycles. The van der Waals surface area contributed by atoms with Crippen LogP contribution in [0.5, 0.6) is 5.75 Å². The number of aromatic nitrogens is 4. The predicted octanol–water partition coefficient (Wildman–Crippen LogP) is 6.46. The summed E-state index contributed by atoms with van der Waals surface area (Å²) in [7, 11) is 0. The molecule has 0 amide bonds. The second kappa shape index (κ2) is 11.3. The fourth-order valence-electron chi connectivity index (χ4n) is 6.97. The Morgan fingerprint density at radius 1 is 1.07 bits per heavy atom. The van der Waals surface area contributed by atoms with Crippen molar-refractivity contribution < 1.29 is 14.6 Å². The van der Waals surface area contributed by atoms with E-state index < -0.39 is 11.5 Å². The van der Waals surface area contributed by atoms with Crippen molar-refractivity contribution in [2.45, 2.75) is 68.2 Å². The Balaban J connectivity index is 1.83. The smallest absolute Gasteiger partial charge is 0.315 e. The average molecular weight is 620 g/mol. The average Bonchev–Trinajstić information content (AvgIpc) is 3.54. The SMILES string of the molecule is CC(O)=c1c(N)nc2c(OC(=O)C3C(C(C)(C)C)CC(C)CC3C(C)(C)C)c(-c3ccc(Cl)cc3)c(-n3ccnc3)n2c1=O. The minimum Gasteiger partial charge on any atom is -0.512 e. The third kappa shape index (κ3) is 5.58. The van der Waals surface area contributed by atoms with E-state index in [1.54, 1.807) is 47.6 Å². The third-order valence-corrected chi connectivity index (χ3v) is 9.35. The lowest BCUT2D eigenvalue weighted by atomic mass is 9.55. The number of anilines is 1. The van der Waals surface area contributed by atoms with Crippen LogP contribution in [-0.2, 0) is 4.79 Å². The minimum absolute atomic E-state index is 0.0651. The Morgan fingerprint density at radius 2 is 1.66 bits per heavy atom. The topological polar surface area (TPSA) is 125 Å². The number of halogens is 1. The predicted molar refractivity (Wildman–Crippen MR) is 174 cm³/mol. The summed E-state index contributed by atoms with van der Waals surface area (Å²) in [6, 6.07) is 7.05. The summed E-state index contributed by atoms with van der Waals surface area (Å²) in [5, 5.41) is 10.8. The van der Waals surface area contributed by atoms with E-state index >= 15 is 0 Å². The maximum Gasteiger partial charge on any atom is 0.315 e. The van der Waals surface area contributed by atoms with Gasteiger partial charge in [0.25, 0.3) is 5.56 Å². The number of imidazole rings is 1. The molecule has 3 N–H and O–H groups in total. The van der Waals surface area contributed by atoms with E-state index in [1.165, 1.54) is 11.3 Å². The molecule has 5 rings (SSSR count). The van der Waals surface area contributed by atoms with Gasteiger partial charge in [0.15, 0.2) is 11.4 Å². The molecule has 2 unspecified atom stereocenters. The number of aliphatic hydroxyl groups is 1. The third-order valence-electron chi connectivity index (χ3n) is 9.10. The van der Waals surface area contributed by atoms with Crippen LogP contribution in [0.3, 0.4) is 0 Å². The second-order valence-electron chi connectivity index (χ2n) is 14.4. The van der Waals surface area contributed by atoms with Crippen LogP contribution >= 0.6 is 11.6 Å². The van der Waals surface area contributed by atoms with Crippen LogP contribution in [0.2, 0.25) is 5.02 Å². The Kier molecular flexibility index (Phi) is 8.08. The summed E-state index contributed by atoms with van der Waals surface area (Å²) in [5.74, 6) is -0.136. The van der Waals surface area contributed by atoms with Gasteiger partial charge in [0.05, 0.1) is 11.5 Å². The van der Waals surface area contributed by atoms with E-state index in [9.17, 15) is 14.7 Å². The summed E-state index contributed by atoms with van der Waals surface area (Å²) in [4.78, 5) is 37.4. The van der Waals surface area contributed by atoms with Crippen LogP contribution in [0, 0.1) is 34.5 Å². The van der Waals surface area contributed by atoms with Crippen molar-refractivity contribution >= 4 is 34.8 Å². The normalized spacial score (nSPS) is 21.8. The van der Waals surface area contributed by atoms with Gasteiger partial charge in [0, 0.05) is 17.4 Å². The van der Waals surface area contributed by atoms with Crippen molar-refractivity contribution in [1.82, 2.24) is 18.9 Å². The molecule has 1 saturated carbocycles. The highest BCUT2D eigenvalue weighted by atomic mass is 35.5. The molecule has 1 aliphatic carbocycles. The molecule has 1 aromatic carbocycles. The van der Waals surface area contributed by atoms with Gasteiger partial charge in [-0.05, 0) is 66.0 Å². The van der Waals surface area contributed by atoms with Crippen molar-refractivity contribution in [3.8, 4) is 22.7 Å². The van der Waals surface area contributed by atoms with Crippen LogP contribution in [0.15, 0.2) is 47.8 Å². The lowest BCUT2D eigenvalue weighted by molar-refractivity contribution is -0.152. The number of carbonyl (C=O) groups is 1. The number of nitrogens with two attached hydrogens (primary N) is 1. The lowest BCUT2D eigenvalue weighted by Crippen LogP contribution is -2.48. The van der Waals surface area contributed by atoms with Gasteiger partial charge in [0.2, 0.25) is 0 Å². The lowest BCUT2D eigenvalue weighted by Gasteiger charge is -2.49. The molecule has 0 spiro atoms. The van der Waals surface area contributed by atoms with Crippen molar-refractivity contribution in [3.05, 3.63) is 63.6 Å². The fourth-order valence-corrected chi connectivity index (χ4v) is 7.10. The second-order valence-corrected chi connectivity index (χ2v) is 14.8. The molecule has 44 heavy (non-hydrogen) atoms. The molecule has 0 saturated heterocycles. The molecule has 1 aliphatic rings. The van der Waals surface area contributed by atoms with E-state index in [2.05, 4.69) is 58.4 Å². The minimum atomic E-state index is -0.597. The van der Waals surface area contributed by atoms with E-state index in [4.69, 9.17) is 22.1 Å². The number of ether oxygens (including phenoxy) is 1. The summed E-state index contributed by atoms with van der Waals surface area (Å²) in [6.07, 6.45) is 6.63. The van der Waals surface area contributed by atoms with Gasteiger partial charge in [-0.1, -0.05) is 72.2 Å². The quantitative estimate of drug-likeness (QED) is 0.251. The number of nitrogens with zero attached hydrogens (tertiary/aromatic N) is 4. The fraction of sp³-hybridized carbons (Fsp3) is 0.471. The summed E-state index contributed by atoms with van der Waals surface area (Å²) < 4.78 is 9.48. The van der Waals surface area contributed by atoms with E-state index in [0.717, 1.165) is 12.8 Å². The number of carbonyl (C=O) groups excluding carboxylic acids is 1. The Hall–Kier alpha value is -3.85. The molecule has 10 heteroatoms. The molecular weight excluding hydrogens is 578 g/mol. The maximum atomic E-state index is 14.7. The molecule has 234 valence electrons. The van der Waals surface area contributed by atoms with Gasteiger partial charge >= 0.3 is 5.97 Å². The molecule has 0 radical (unpaired) electrons. The molecule has 1 fully saturated rings. The summed E-state index contributed by atoms with van der Waals surface area (Å²) >= 11 is 6.26. The van der Waals surface area contributed by atoms with Crippen molar-refractivity contribution in [1.29, 1.82) is 0 Å². The number of hydrogen-bond acceptors (Lipinski definition) is 7. The largest absolute Gasteiger partial charge is 0.512 e. The number of nitrogen functional groups attached to an aromatic ring is 1.